The zero-order valence-corrected chi connectivity index (χ0v) is 20.3. The van der Waals surface area contributed by atoms with Crippen LogP contribution in [0.2, 0.25) is 0 Å². The molecule has 2 aromatic rings. The van der Waals surface area contributed by atoms with Crippen LogP contribution in [0.25, 0.3) is 5.69 Å². The van der Waals surface area contributed by atoms with Crippen LogP contribution in [0.3, 0.4) is 0 Å². The van der Waals surface area contributed by atoms with Gasteiger partial charge >= 0.3 is 5.97 Å². The highest BCUT2D eigenvalue weighted by atomic mass is 32.2. The van der Waals surface area contributed by atoms with E-state index in [-0.39, 0.29) is 0 Å². The molecule has 176 valence electrons. The average Bonchev–Trinajstić information content (AvgIpc) is 3.20. The van der Waals surface area contributed by atoms with E-state index >= 15 is 0 Å². The van der Waals surface area contributed by atoms with Crippen LogP contribution in [0.1, 0.15) is 47.6 Å². The molecule has 0 bridgehead atoms. The molecular formula is C24H30N4O4S. The summed E-state index contributed by atoms with van der Waals surface area (Å²) in [6, 6.07) is 7.56. The number of fused-ring (bicyclic) bond motifs is 1. The Morgan fingerprint density at radius 1 is 1.45 bits per heavy atom. The van der Waals surface area contributed by atoms with E-state index in [9.17, 15) is 14.7 Å². The summed E-state index contributed by atoms with van der Waals surface area (Å²) in [7, 11) is 1.66. The smallest absolute Gasteiger partial charge is 0.359 e. The van der Waals surface area contributed by atoms with Crippen molar-refractivity contribution in [3.8, 4) is 17.5 Å². The largest absolute Gasteiger partial charge is 0.461 e. The lowest BCUT2D eigenvalue weighted by Gasteiger charge is -2.25. The summed E-state index contributed by atoms with van der Waals surface area (Å²) in [6.07, 6.45) is 3.85. The monoisotopic (exact) mass is 470 g/mol. The molecule has 0 fully saturated rings. The third kappa shape index (κ3) is 6.16. The highest BCUT2D eigenvalue weighted by molar-refractivity contribution is 7.96. The summed E-state index contributed by atoms with van der Waals surface area (Å²) in [4.78, 5) is 24.8. The molecule has 1 aromatic heterocycles. The highest BCUT2D eigenvalue weighted by Gasteiger charge is 2.29. The summed E-state index contributed by atoms with van der Waals surface area (Å²) in [5, 5.41) is 15.2. The second-order valence-electron chi connectivity index (χ2n) is 8.11. The van der Waals surface area contributed by atoms with E-state index in [0.717, 1.165) is 41.9 Å². The molecule has 0 saturated carbocycles. The van der Waals surface area contributed by atoms with E-state index in [1.54, 1.807) is 32.8 Å². The van der Waals surface area contributed by atoms with Crippen LogP contribution in [0.15, 0.2) is 24.3 Å². The van der Waals surface area contributed by atoms with Crippen molar-refractivity contribution in [2.75, 3.05) is 33.0 Å². The number of carbonyl (C=O) groups is 2. The van der Waals surface area contributed by atoms with E-state index < -0.39 is 11.6 Å². The third-order valence-corrected chi connectivity index (χ3v) is 6.28. The van der Waals surface area contributed by atoms with Crippen LogP contribution in [-0.4, -0.2) is 75.1 Å². The third-order valence-electron chi connectivity index (χ3n) is 5.45. The number of rotatable bonds is 8. The van der Waals surface area contributed by atoms with Gasteiger partial charge in [0.05, 0.1) is 18.0 Å². The van der Waals surface area contributed by atoms with E-state index in [4.69, 9.17) is 4.74 Å². The van der Waals surface area contributed by atoms with Crippen LogP contribution in [0.4, 0.5) is 0 Å². The van der Waals surface area contributed by atoms with Crippen LogP contribution < -0.4 is 0 Å². The fourth-order valence-electron chi connectivity index (χ4n) is 3.56. The molecular weight excluding hydrogens is 440 g/mol. The first-order chi connectivity index (χ1) is 15.8. The summed E-state index contributed by atoms with van der Waals surface area (Å²) in [5.41, 5.74) is 2.54. The standard InChI is InChI=1S/C24H30N4O4S/c1-5-32-23(30)22-20-16-27(33-4)13-10-21(20)28(25-22)19-8-6-7-18(15-19)9-11-24(2,31)12-14-26(3)17-29/h6-8,15,17,31H,5,10,12-14,16H2,1-4H3. The van der Waals surface area contributed by atoms with Gasteiger partial charge in [-0.25, -0.2) is 13.8 Å². The molecule has 0 radical (unpaired) electrons. The Labute approximate surface area is 199 Å². The molecule has 1 aliphatic heterocycles. The number of aliphatic hydroxyl groups is 1. The molecule has 3 rings (SSSR count). The number of aromatic nitrogens is 2. The van der Waals surface area contributed by atoms with Crippen molar-refractivity contribution in [3.05, 3.63) is 46.8 Å². The van der Waals surface area contributed by atoms with Crippen LogP contribution in [0, 0.1) is 11.8 Å². The maximum absolute atomic E-state index is 12.6. The van der Waals surface area contributed by atoms with Gasteiger partial charge in [0.15, 0.2) is 5.69 Å². The number of ether oxygens (including phenoxy) is 1. The van der Waals surface area contributed by atoms with Crippen molar-refractivity contribution in [1.29, 1.82) is 0 Å². The lowest BCUT2D eigenvalue weighted by molar-refractivity contribution is -0.117. The van der Waals surface area contributed by atoms with Crippen molar-refractivity contribution in [2.45, 2.75) is 38.8 Å². The van der Waals surface area contributed by atoms with Crippen LogP contribution in [-0.2, 0) is 22.5 Å². The minimum absolute atomic E-state index is 0.292. The summed E-state index contributed by atoms with van der Waals surface area (Å²) >= 11 is 1.65. The Morgan fingerprint density at radius 3 is 2.94 bits per heavy atom. The normalized spacial score (nSPS) is 15.1. The molecule has 1 aromatic carbocycles. The number of benzene rings is 1. The molecule has 9 heteroatoms. The molecule has 0 spiro atoms. The predicted molar refractivity (Wildman–Crippen MR) is 128 cm³/mol. The van der Waals surface area contributed by atoms with Crippen LogP contribution >= 0.6 is 11.9 Å². The van der Waals surface area contributed by atoms with Crippen molar-refractivity contribution >= 4 is 24.3 Å². The van der Waals surface area contributed by atoms with Crippen molar-refractivity contribution in [2.24, 2.45) is 0 Å². The molecule has 1 aliphatic rings. The number of hydrogen-bond donors (Lipinski definition) is 1. The molecule has 0 saturated heterocycles. The molecule has 33 heavy (non-hydrogen) atoms. The fourth-order valence-corrected chi connectivity index (χ4v) is 4.09. The first-order valence-electron chi connectivity index (χ1n) is 10.9. The Balaban J connectivity index is 1.92. The van der Waals surface area contributed by atoms with Gasteiger partial charge in [-0.1, -0.05) is 29.9 Å². The minimum atomic E-state index is -1.23. The van der Waals surface area contributed by atoms with Gasteiger partial charge in [0.2, 0.25) is 6.41 Å². The van der Waals surface area contributed by atoms with Crippen molar-refractivity contribution < 1.29 is 19.4 Å². The average molecular weight is 471 g/mol. The maximum atomic E-state index is 12.6. The number of nitrogens with zero attached hydrogens (tertiary/aromatic N) is 4. The summed E-state index contributed by atoms with van der Waals surface area (Å²) in [5.74, 6) is 5.52. The first-order valence-corrected chi connectivity index (χ1v) is 12.0. The predicted octanol–water partition coefficient (Wildman–Crippen LogP) is 2.27. The topological polar surface area (TPSA) is 87.9 Å². The molecule has 1 N–H and O–H groups in total. The lowest BCUT2D eigenvalue weighted by Crippen LogP contribution is -2.29. The van der Waals surface area contributed by atoms with Crippen molar-refractivity contribution in [3.63, 3.8) is 0 Å². The molecule has 1 amide bonds. The quantitative estimate of drug-likeness (QED) is 0.274. The number of hydrogen-bond acceptors (Lipinski definition) is 7. The van der Waals surface area contributed by atoms with Gasteiger partial charge in [-0.2, -0.15) is 5.10 Å². The second-order valence-corrected chi connectivity index (χ2v) is 8.99. The summed E-state index contributed by atoms with van der Waals surface area (Å²) in [6.45, 7) is 5.61. The molecule has 2 heterocycles. The Morgan fingerprint density at radius 2 is 2.24 bits per heavy atom. The zero-order valence-electron chi connectivity index (χ0n) is 19.5. The Bertz CT molecular complexity index is 1070. The summed E-state index contributed by atoms with van der Waals surface area (Å²) < 4.78 is 9.25. The Hall–Kier alpha value is -2.80. The zero-order chi connectivity index (χ0) is 24.0. The molecule has 1 atom stereocenters. The van der Waals surface area contributed by atoms with Gasteiger partial charge in [0.1, 0.15) is 5.60 Å². The highest BCUT2D eigenvalue weighted by Crippen LogP contribution is 2.28. The van der Waals surface area contributed by atoms with Crippen molar-refractivity contribution in [1.82, 2.24) is 19.0 Å². The molecule has 1 unspecified atom stereocenters. The van der Waals surface area contributed by atoms with Gasteiger partial charge in [0.25, 0.3) is 0 Å². The first kappa shape index (κ1) is 24.8. The van der Waals surface area contributed by atoms with Gasteiger partial charge in [-0.3, -0.25) is 4.79 Å². The van der Waals surface area contributed by atoms with Gasteiger partial charge in [-0.15, -0.1) is 0 Å². The number of carbonyl (C=O) groups excluding carboxylic acids is 2. The Kier molecular flexibility index (Phi) is 8.19. The van der Waals surface area contributed by atoms with E-state index in [1.165, 1.54) is 4.90 Å². The minimum Gasteiger partial charge on any atom is -0.461 e. The SMILES string of the molecule is CCOC(=O)c1nn(-c2cccc(C#CC(C)(O)CCN(C)C=O)c2)c2c1CN(SC)CC2. The van der Waals surface area contributed by atoms with E-state index in [2.05, 4.69) is 21.2 Å². The maximum Gasteiger partial charge on any atom is 0.359 e. The molecule has 8 nitrogen and oxygen atoms in total. The lowest BCUT2D eigenvalue weighted by atomic mass is 10.0. The van der Waals surface area contributed by atoms with Crippen LogP contribution in [0.5, 0.6) is 0 Å². The number of esters is 1. The number of amides is 1. The van der Waals surface area contributed by atoms with Gasteiger partial charge in [0, 0.05) is 50.7 Å². The van der Waals surface area contributed by atoms with Gasteiger partial charge < -0.3 is 14.7 Å². The molecule has 0 aliphatic carbocycles. The van der Waals surface area contributed by atoms with E-state index in [0.29, 0.717) is 31.8 Å². The van der Waals surface area contributed by atoms with E-state index in [1.807, 2.05) is 35.2 Å². The fraction of sp³-hybridized carbons (Fsp3) is 0.458. The second kappa shape index (κ2) is 10.9. The van der Waals surface area contributed by atoms with Gasteiger partial charge in [-0.05, 0) is 38.3 Å².